The second kappa shape index (κ2) is 12.2. The quantitative estimate of drug-likeness (QED) is 0.194. The first-order chi connectivity index (χ1) is 16.0. The van der Waals surface area contributed by atoms with Crippen LogP contribution in [0.15, 0.2) is 47.8 Å². The highest BCUT2D eigenvalue weighted by atomic mass is 16.6. The molecule has 2 aliphatic rings. The van der Waals surface area contributed by atoms with Crippen molar-refractivity contribution in [2.75, 3.05) is 6.61 Å². The average Bonchev–Trinajstić information content (AvgIpc) is 3.64. The number of unbranched alkanes of at least 4 members (excludes halogenated alkanes) is 6. The van der Waals surface area contributed by atoms with Gasteiger partial charge in [-0.3, -0.25) is 14.9 Å². The zero-order valence-corrected chi connectivity index (χ0v) is 19.2. The molecular formula is C25H33N3O5. The predicted octanol–water partition coefficient (Wildman–Crippen LogP) is 4.62. The monoisotopic (exact) mass is 455 g/mol. The standard InChI is InChI=1S/C25H33N3O5/c1-2-3-4-5-6-7-10-15-33-25(30)21-17-26-16-20(24(29)27-18-13-14-18)23(21)19-11-8-9-12-22(19)28(31)32/h8-9,11-12,16-18,23,26H,2-7,10,13-15H2,1H3,(H,27,29). The summed E-state index contributed by atoms with van der Waals surface area (Å²) >= 11 is 0. The van der Waals surface area contributed by atoms with Crippen molar-refractivity contribution in [2.45, 2.75) is 76.7 Å². The Hall–Kier alpha value is -3.16. The van der Waals surface area contributed by atoms with Crippen LogP contribution in [-0.2, 0) is 14.3 Å². The molecule has 0 radical (unpaired) electrons. The van der Waals surface area contributed by atoms with Gasteiger partial charge >= 0.3 is 5.97 Å². The van der Waals surface area contributed by atoms with Crippen LogP contribution >= 0.6 is 0 Å². The number of nitro groups is 1. The Morgan fingerprint density at radius 2 is 1.73 bits per heavy atom. The second-order valence-corrected chi connectivity index (χ2v) is 8.62. The summed E-state index contributed by atoms with van der Waals surface area (Å²) in [5.74, 6) is -1.78. The molecule has 0 aromatic heterocycles. The van der Waals surface area contributed by atoms with Crippen LogP contribution in [0, 0.1) is 10.1 Å². The van der Waals surface area contributed by atoms with Crippen LogP contribution < -0.4 is 10.6 Å². The second-order valence-electron chi connectivity index (χ2n) is 8.62. The summed E-state index contributed by atoms with van der Waals surface area (Å²) in [5, 5.41) is 17.5. The van der Waals surface area contributed by atoms with Crippen LogP contribution in [0.1, 0.15) is 76.2 Å². The number of benzene rings is 1. The van der Waals surface area contributed by atoms with Crippen molar-refractivity contribution in [2.24, 2.45) is 0 Å². The molecule has 1 saturated carbocycles. The van der Waals surface area contributed by atoms with Gasteiger partial charge in [0.25, 0.3) is 5.69 Å². The lowest BCUT2D eigenvalue weighted by Gasteiger charge is -2.25. The average molecular weight is 456 g/mol. The third-order valence-corrected chi connectivity index (χ3v) is 5.94. The Morgan fingerprint density at radius 3 is 2.42 bits per heavy atom. The molecule has 1 atom stereocenters. The van der Waals surface area contributed by atoms with Crippen LogP contribution in [0.3, 0.4) is 0 Å². The van der Waals surface area contributed by atoms with E-state index in [2.05, 4.69) is 17.6 Å². The van der Waals surface area contributed by atoms with E-state index in [9.17, 15) is 19.7 Å². The third kappa shape index (κ3) is 6.91. The number of carbonyl (C=O) groups is 2. The molecular weight excluding hydrogens is 422 g/mol. The van der Waals surface area contributed by atoms with Crippen LogP contribution in [0.2, 0.25) is 0 Å². The van der Waals surface area contributed by atoms with Gasteiger partial charge in [0.1, 0.15) is 0 Å². The van der Waals surface area contributed by atoms with Crippen molar-refractivity contribution in [1.29, 1.82) is 0 Å². The molecule has 0 bridgehead atoms. The summed E-state index contributed by atoms with van der Waals surface area (Å²) in [6.07, 6.45) is 12.5. The van der Waals surface area contributed by atoms with Gasteiger partial charge in [-0.1, -0.05) is 63.6 Å². The van der Waals surface area contributed by atoms with E-state index < -0.39 is 16.8 Å². The zero-order valence-electron chi connectivity index (χ0n) is 19.2. The fourth-order valence-corrected chi connectivity index (χ4v) is 3.97. The lowest BCUT2D eigenvalue weighted by atomic mass is 9.82. The minimum absolute atomic E-state index is 0.114. The SMILES string of the molecule is CCCCCCCCCOC(=O)C1=CNC=C(C(=O)NC2CC2)C1c1ccccc1[N+](=O)[O-]. The molecule has 1 aromatic rings. The third-order valence-electron chi connectivity index (χ3n) is 5.94. The molecule has 8 heteroatoms. The number of dihydropyridines is 1. The molecule has 1 heterocycles. The summed E-state index contributed by atoms with van der Waals surface area (Å²) in [7, 11) is 0. The van der Waals surface area contributed by atoms with Crippen molar-refractivity contribution in [3.8, 4) is 0 Å². The minimum Gasteiger partial charge on any atom is -0.462 e. The number of nitrogens with zero attached hydrogens (tertiary/aromatic N) is 1. The van der Waals surface area contributed by atoms with Crippen molar-refractivity contribution < 1.29 is 19.2 Å². The molecule has 0 saturated heterocycles. The lowest BCUT2D eigenvalue weighted by Crippen LogP contribution is -2.34. The number of nitro benzene ring substituents is 1. The van der Waals surface area contributed by atoms with Gasteiger partial charge in [0, 0.05) is 35.6 Å². The van der Waals surface area contributed by atoms with Gasteiger partial charge in [-0.25, -0.2) is 4.79 Å². The maximum atomic E-state index is 13.0. The van der Waals surface area contributed by atoms with Gasteiger partial charge in [0.15, 0.2) is 0 Å². The first-order valence-corrected chi connectivity index (χ1v) is 11.9. The van der Waals surface area contributed by atoms with E-state index in [1.807, 2.05) is 0 Å². The molecule has 3 rings (SSSR count). The van der Waals surface area contributed by atoms with Crippen molar-refractivity contribution in [1.82, 2.24) is 10.6 Å². The maximum Gasteiger partial charge on any atom is 0.336 e. The van der Waals surface area contributed by atoms with Gasteiger partial charge in [-0.2, -0.15) is 0 Å². The molecule has 1 aromatic carbocycles. The Labute approximate surface area is 194 Å². The largest absolute Gasteiger partial charge is 0.462 e. The van der Waals surface area contributed by atoms with Crippen LogP contribution in [0.4, 0.5) is 5.69 Å². The van der Waals surface area contributed by atoms with E-state index in [0.717, 1.165) is 32.1 Å². The molecule has 0 spiro atoms. The number of amides is 1. The summed E-state index contributed by atoms with van der Waals surface area (Å²) in [4.78, 5) is 37.1. The summed E-state index contributed by atoms with van der Waals surface area (Å²) in [5.41, 5.74) is 0.609. The zero-order chi connectivity index (χ0) is 23.6. The molecule has 1 amide bonds. The number of ether oxygens (including phenoxy) is 1. The van der Waals surface area contributed by atoms with E-state index in [-0.39, 0.29) is 35.4 Å². The molecule has 33 heavy (non-hydrogen) atoms. The number of nitrogens with one attached hydrogen (secondary N) is 2. The smallest absolute Gasteiger partial charge is 0.336 e. The number of hydrogen-bond acceptors (Lipinski definition) is 6. The fraction of sp³-hybridized carbons (Fsp3) is 0.520. The van der Waals surface area contributed by atoms with Crippen molar-refractivity contribution in [3.05, 3.63) is 63.5 Å². The number of esters is 1. The molecule has 1 fully saturated rings. The van der Waals surface area contributed by atoms with Crippen LogP contribution in [0.25, 0.3) is 0 Å². The van der Waals surface area contributed by atoms with Gasteiger partial charge in [-0.05, 0) is 19.3 Å². The highest BCUT2D eigenvalue weighted by Crippen LogP contribution is 2.39. The number of para-hydroxylation sites is 1. The predicted molar refractivity (Wildman–Crippen MR) is 125 cm³/mol. The Balaban J connectivity index is 1.71. The van der Waals surface area contributed by atoms with E-state index in [1.165, 1.54) is 44.1 Å². The molecule has 1 unspecified atom stereocenters. The topological polar surface area (TPSA) is 111 Å². The van der Waals surface area contributed by atoms with E-state index in [1.54, 1.807) is 18.2 Å². The van der Waals surface area contributed by atoms with Crippen LogP contribution in [-0.4, -0.2) is 29.4 Å². The molecule has 1 aliphatic carbocycles. The Morgan fingerprint density at radius 1 is 1.06 bits per heavy atom. The van der Waals surface area contributed by atoms with Gasteiger partial charge < -0.3 is 15.4 Å². The molecule has 178 valence electrons. The first kappa shape index (κ1) is 24.5. The minimum atomic E-state index is -0.881. The van der Waals surface area contributed by atoms with Crippen molar-refractivity contribution in [3.63, 3.8) is 0 Å². The van der Waals surface area contributed by atoms with Gasteiger partial charge in [0.05, 0.1) is 23.0 Å². The number of carbonyl (C=O) groups excluding carboxylic acids is 2. The highest BCUT2D eigenvalue weighted by Gasteiger charge is 2.38. The molecule has 8 nitrogen and oxygen atoms in total. The van der Waals surface area contributed by atoms with Gasteiger partial charge in [-0.15, -0.1) is 0 Å². The normalized spacial score (nSPS) is 17.4. The first-order valence-electron chi connectivity index (χ1n) is 11.9. The highest BCUT2D eigenvalue weighted by molar-refractivity contribution is 6.01. The summed E-state index contributed by atoms with van der Waals surface area (Å²) in [6, 6.07) is 6.32. The summed E-state index contributed by atoms with van der Waals surface area (Å²) in [6.45, 7) is 2.46. The number of hydrogen-bond donors (Lipinski definition) is 2. The maximum absolute atomic E-state index is 13.0. The van der Waals surface area contributed by atoms with Crippen molar-refractivity contribution >= 4 is 17.6 Å². The Bertz CT molecular complexity index is 920. The van der Waals surface area contributed by atoms with E-state index in [4.69, 9.17) is 4.74 Å². The van der Waals surface area contributed by atoms with E-state index >= 15 is 0 Å². The number of rotatable bonds is 13. The lowest BCUT2D eigenvalue weighted by molar-refractivity contribution is -0.385. The summed E-state index contributed by atoms with van der Waals surface area (Å²) < 4.78 is 5.51. The van der Waals surface area contributed by atoms with Gasteiger partial charge in [0.2, 0.25) is 5.91 Å². The fourth-order valence-electron chi connectivity index (χ4n) is 3.97. The van der Waals surface area contributed by atoms with Crippen LogP contribution in [0.5, 0.6) is 0 Å². The van der Waals surface area contributed by atoms with E-state index in [0.29, 0.717) is 5.56 Å². The molecule has 2 N–H and O–H groups in total. The Kier molecular flexibility index (Phi) is 9.04. The molecule has 1 aliphatic heterocycles.